The molecular weight excluding hydrogens is 1750 g/mol. The fourth-order valence-corrected chi connectivity index (χ4v) is 23.9. The highest BCUT2D eigenvalue weighted by molar-refractivity contribution is 6.18. The highest BCUT2D eigenvalue weighted by Crippen LogP contribution is 2.49. The minimum atomic E-state index is -0.0469. The molecule has 0 aliphatic rings. The van der Waals surface area contributed by atoms with Crippen molar-refractivity contribution in [3.05, 3.63) is 357 Å². The predicted octanol–water partition coefficient (Wildman–Crippen LogP) is 31.9. The van der Waals surface area contributed by atoms with Gasteiger partial charge in [0.25, 0.3) is 22.6 Å². The monoisotopic (exact) mass is 1890 g/mol. The number of aryl methyl sites for hydroxylation is 11. The Morgan fingerprint density at radius 2 is 0.486 bits per heavy atom. The lowest BCUT2D eigenvalue weighted by molar-refractivity contribution is -0.617. The first kappa shape index (κ1) is 95.3. The molecule has 24 aromatic rings. The molecule has 720 valence electrons. The van der Waals surface area contributed by atoms with E-state index in [2.05, 4.69) is 516 Å². The van der Waals surface area contributed by atoms with Crippen LogP contribution in [0.1, 0.15) is 220 Å². The van der Waals surface area contributed by atoms with E-state index in [-0.39, 0.29) is 21.7 Å². The zero-order chi connectivity index (χ0) is 102. The third kappa shape index (κ3) is 15.3. The Labute approximate surface area is 846 Å². The second kappa shape index (κ2) is 35.3. The van der Waals surface area contributed by atoms with Crippen molar-refractivity contribution >= 4 is 154 Å². The Bertz CT molecular complexity index is 9420. The van der Waals surface area contributed by atoms with E-state index in [1.807, 2.05) is 0 Å². The summed E-state index contributed by atoms with van der Waals surface area (Å²) in [6.45, 7) is 56.8. The molecular formula is C132H136N12+4. The van der Waals surface area contributed by atoms with Gasteiger partial charge in [0, 0.05) is 22.4 Å². The van der Waals surface area contributed by atoms with Crippen LogP contribution in [0.2, 0.25) is 0 Å². The van der Waals surface area contributed by atoms with Gasteiger partial charge in [-0.3, -0.25) is 4.98 Å². The molecule has 0 fully saturated rings. The Morgan fingerprint density at radius 1 is 0.229 bits per heavy atom. The van der Waals surface area contributed by atoms with E-state index in [4.69, 9.17) is 19.9 Å². The zero-order valence-electron chi connectivity index (χ0n) is 89.7. The van der Waals surface area contributed by atoms with Crippen molar-refractivity contribution < 1.29 is 18.3 Å². The number of hydrogen-bond donors (Lipinski definition) is 0. The van der Waals surface area contributed by atoms with E-state index < -0.39 is 0 Å². The van der Waals surface area contributed by atoms with Crippen LogP contribution in [0, 0.1) is 48.5 Å². The number of rotatable bonds is 7. The van der Waals surface area contributed by atoms with E-state index in [9.17, 15) is 0 Å². The van der Waals surface area contributed by atoms with E-state index >= 15 is 0 Å². The topological polar surface area (TPSA) is 84.7 Å². The van der Waals surface area contributed by atoms with Crippen LogP contribution in [0.15, 0.2) is 279 Å². The third-order valence-electron chi connectivity index (χ3n) is 30.7. The van der Waals surface area contributed by atoms with E-state index in [1.54, 1.807) is 0 Å². The molecule has 0 unspecified atom stereocenters. The summed E-state index contributed by atoms with van der Waals surface area (Å²) >= 11 is 0. The van der Waals surface area contributed by atoms with Crippen molar-refractivity contribution in [2.45, 2.75) is 213 Å². The fraction of sp³-hybridized carbons (Fsp3) is 0.273. The number of imidazole rings is 4. The summed E-state index contributed by atoms with van der Waals surface area (Å²) in [7, 11) is 8.72. The molecule has 0 radical (unpaired) electrons. The van der Waals surface area contributed by atoms with Gasteiger partial charge in [0.05, 0.1) is 110 Å². The lowest BCUT2D eigenvalue weighted by Crippen LogP contribution is -2.27. The third-order valence-corrected chi connectivity index (χ3v) is 30.7. The van der Waals surface area contributed by atoms with Gasteiger partial charge in [-0.2, -0.15) is 17.6 Å². The quantitative estimate of drug-likeness (QED) is 0.118. The van der Waals surface area contributed by atoms with Crippen molar-refractivity contribution in [1.29, 1.82) is 0 Å². The van der Waals surface area contributed by atoms with Crippen LogP contribution in [0.25, 0.3) is 199 Å². The van der Waals surface area contributed by atoms with E-state index in [0.717, 1.165) is 44.8 Å². The van der Waals surface area contributed by atoms with Gasteiger partial charge in [0.2, 0.25) is 0 Å². The molecule has 12 aromatic carbocycles. The summed E-state index contributed by atoms with van der Waals surface area (Å²) in [6, 6.07) is 102. The molecule has 24 rings (SSSR count). The smallest absolute Gasteiger partial charge is 0.251 e. The molecule has 0 bridgehead atoms. The minimum absolute atomic E-state index is 0.0184. The molecule has 0 amide bonds. The number of benzene rings is 12. The molecule has 0 saturated heterocycles. The number of nitrogens with zero attached hydrogens (tertiary/aromatic N) is 12. The summed E-state index contributed by atoms with van der Waals surface area (Å²) in [6.07, 6.45) is 0. The summed E-state index contributed by atoms with van der Waals surface area (Å²) in [5.74, 6) is 1.21. The summed E-state index contributed by atoms with van der Waals surface area (Å²) in [4.78, 5) is 22.0. The second-order valence-corrected chi connectivity index (χ2v) is 45.8. The largest absolute Gasteiger partial charge is 0.297 e. The molecule has 12 nitrogen and oxygen atoms in total. The maximum absolute atomic E-state index is 5.63. The van der Waals surface area contributed by atoms with Crippen LogP contribution < -0.4 is 18.3 Å². The average Bonchev–Trinajstić information content (AvgIpc) is 1.51. The first-order valence-corrected chi connectivity index (χ1v) is 51.6. The maximum Gasteiger partial charge on any atom is 0.297 e. The summed E-state index contributed by atoms with van der Waals surface area (Å²) in [5, 5.41) is 9.94. The molecule has 0 saturated carbocycles. The SMILES string of the molecule is Cc1cc(-c2c(C(C)C)cccc2C(C)C)nc2c3c(C(C)(C)C)cccc3n3c4ccccc4[n+](C)c3c12.Cc1cc(C(C)C)nc2c3c(C(C)(C)C)cccc3n3c4ccccc4[n+](C)c3c12.Cc1cccc(-c2ccccc2)c1-c1cc(C)c2c(n1)c1c(C(C)(C)C)cccc1n1c3ccccc3[n+](C)c21.Cc1cccc(C)c1-c1cc(C)c2c(n1)c1c(C(C)(C)C)cccc1n1c3ccccc3[n+](C)c21. The standard InChI is InChI=1S/C37H34N3.C36H40N3.C32H32N3.C27H30N3/c1-23-14-12-17-26(25-15-8-7-9-16-25)32(23)28-22-24(2)33-35(38-28)34-27(37(3,4)5)18-13-21-31(34)40-30-20-11-10-19-29(30)39(6)36(33)40;1-21(2)24-14-12-15-25(22(3)4)32(24)27-20-23(5)31-34(37-27)33-26(36(6,7)8)16-13-19-30(33)39-29-18-11-10-17-28(29)38(9)35(31)39;1-19-12-10-13-20(2)27(19)23-18-21(3)28-30(33-23)29-22(32(4,5)6)14-11-17-26(29)35-25-16-9-8-15-24(25)34(7)31(28)35;1-16(2)19-15-17(3)23-25(28-19)24-18(27(4,5)6)11-10-14-22(24)30-21-13-9-8-12-20(21)29(7)26(23)30/h7-22H,1-6H3;10-22H,1-9H3;8-18H,1-7H3;8-16H,1-7H3/q4*+1. The van der Waals surface area contributed by atoms with Gasteiger partial charge in [-0.15, -0.1) is 0 Å². The molecule has 0 spiro atoms. The normalized spacial score (nSPS) is 12.5. The number of hydrogen-bond acceptors (Lipinski definition) is 4. The number of aromatic nitrogens is 12. The second-order valence-electron chi connectivity index (χ2n) is 45.8. The van der Waals surface area contributed by atoms with Crippen LogP contribution in [-0.4, -0.2) is 37.5 Å². The van der Waals surface area contributed by atoms with E-state index in [1.165, 1.54) is 232 Å². The zero-order valence-corrected chi connectivity index (χ0v) is 89.7. The van der Waals surface area contributed by atoms with Crippen molar-refractivity contribution in [2.24, 2.45) is 28.2 Å². The molecule has 0 aliphatic carbocycles. The Kier molecular flexibility index (Phi) is 23.4. The summed E-state index contributed by atoms with van der Waals surface area (Å²) < 4.78 is 19.1. The molecule has 0 atom stereocenters. The van der Waals surface area contributed by atoms with Crippen LogP contribution in [0.3, 0.4) is 0 Å². The Morgan fingerprint density at radius 3 is 0.799 bits per heavy atom. The Balaban J connectivity index is 0.000000114. The predicted molar refractivity (Wildman–Crippen MR) is 608 cm³/mol. The van der Waals surface area contributed by atoms with Gasteiger partial charge in [-0.1, -0.05) is 307 Å². The van der Waals surface area contributed by atoms with Gasteiger partial charge in [0.15, 0.2) is 44.1 Å². The van der Waals surface area contributed by atoms with Crippen LogP contribution in [0.5, 0.6) is 0 Å². The maximum atomic E-state index is 5.63. The lowest BCUT2D eigenvalue weighted by atomic mass is 9.83. The first-order chi connectivity index (χ1) is 68.6. The van der Waals surface area contributed by atoms with Crippen LogP contribution >= 0.6 is 0 Å². The van der Waals surface area contributed by atoms with Gasteiger partial charge in [-0.05, 0) is 268 Å². The lowest BCUT2D eigenvalue weighted by Gasteiger charge is -2.23. The molecule has 0 aliphatic heterocycles. The highest BCUT2D eigenvalue weighted by Gasteiger charge is 2.37. The van der Waals surface area contributed by atoms with Gasteiger partial charge < -0.3 is 0 Å². The average molecular weight is 1890 g/mol. The number of para-hydroxylation sites is 8. The van der Waals surface area contributed by atoms with Crippen molar-refractivity contribution in [2.75, 3.05) is 0 Å². The highest BCUT2D eigenvalue weighted by atomic mass is 15.1. The first-order valence-electron chi connectivity index (χ1n) is 51.6. The molecule has 0 N–H and O–H groups in total. The van der Waals surface area contributed by atoms with Gasteiger partial charge in [0.1, 0.15) is 22.1 Å². The number of fused-ring (bicyclic) bond motifs is 32. The minimum Gasteiger partial charge on any atom is -0.251 e. The van der Waals surface area contributed by atoms with Crippen molar-refractivity contribution in [3.63, 3.8) is 0 Å². The molecule has 144 heavy (non-hydrogen) atoms. The van der Waals surface area contributed by atoms with Gasteiger partial charge in [-0.25, -0.2) is 33.2 Å². The molecule has 12 heterocycles. The Hall–Kier alpha value is -14.9. The summed E-state index contributed by atoms with van der Waals surface area (Å²) in [5.41, 5.74) is 51.1. The number of pyridine rings is 8. The van der Waals surface area contributed by atoms with Crippen LogP contribution in [-0.2, 0) is 49.9 Å². The van der Waals surface area contributed by atoms with Crippen molar-refractivity contribution in [3.8, 4) is 44.9 Å². The molecule has 12 heteroatoms. The van der Waals surface area contributed by atoms with Crippen LogP contribution in [0.4, 0.5) is 0 Å². The fourth-order valence-electron chi connectivity index (χ4n) is 23.9. The molecule has 12 aromatic heterocycles. The van der Waals surface area contributed by atoms with Crippen molar-refractivity contribution in [1.82, 2.24) is 37.5 Å². The van der Waals surface area contributed by atoms with Gasteiger partial charge >= 0.3 is 0 Å². The van der Waals surface area contributed by atoms with E-state index in [0.29, 0.717) is 17.8 Å².